The molecule has 2 bridgehead atoms. The molecule has 0 amide bonds. The Bertz CT molecular complexity index is 171. The van der Waals surface area contributed by atoms with Crippen LogP contribution in [0.1, 0.15) is 13.8 Å². The van der Waals surface area contributed by atoms with Crippen molar-refractivity contribution in [3.63, 3.8) is 0 Å². The summed E-state index contributed by atoms with van der Waals surface area (Å²) in [6.07, 6.45) is 0.206. The Balaban J connectivity index is 2.23. The summed E-state index contributed by atoms with van der Waals surface area (Å²) in [4.78, 5) is 0. The normalized spacial score (nSPS) is 55.4. The second-order valence-corrected chi connectivity index (χ2v) is 3.59. The fourth-order valence-corrected chi connectivity index (χ4v) is 1.99. The first-order valence-corrected chi connectivity index (χ1v) is 4.12. The molecule has 0 aromatic rings. The Hall–Kier alpha value is -0.120. The molecule has 0 aromatic heterocycles. The van der Waals surface area contributed by atoms with E-state index in [0.717, 1.165) is 0 Å². The van der Waals surface area contributed by atoms with E-state index in [9.17, 15) is 0 Å². The molecule has 2 heterocycles. The highest BCUT2D eigenvalue weighted by Crippen LogP contribution is 2.46. The van der Waals surface area contributed by atoms with Crippen LogP contribution in [0, 0.1) is 11.8 Å². The van der Waals surface area contributed by atoms with Gasteiger partial charge in [-0.1, -0.05) is 13.8 Å². The number of aliphatic hydroxyl groups excluding tert-OH is 1. The molecular formula is C8H14O3. The van der Waals surface area contributed by atoms with Crippen LogP contribution in [0.25, 0.3) is 0 Å². The highest BCUT2D eigenvalue weighted by Gasteiger charge is 2.56. The maximum Gasteiger partial charge on any atom is 0.194 e. The number of hydrogen-bond acceptors (Lipinski definition) is 3. The van der Waals surface area contributed by atoms with Crippen molar-refractivity contribution in [1.29, 1.82) is 0 Å². The van der Waals surface area contributed by atoms with Crippen molar-refractivity contribution in [2.75, 3.05) is 13.2 Å². The van der Waals surface area contributed by atoms with E-state index in [1.807, 2.05) is 0 Å². The van der Waals surface area contributed by atoms with Gasteiger partial charge in [0.1, 0.15) is 0 Å². The van der Waals surface area contributed by atoms with Gasteiger partial charge in [-0.25, -0.2) is 0 Å². The van der Waals surface area contributed by atoms with Crippen LogP contribution in [-0.4, -0.2) is 30.2 Å². The van der Waals surface area contributed by atoms with Crippen LogP contribution < -0.4 is 0 Å². The van der Waals surface area contributed by atoms with Crippen LogP contribution in [0.4, 0.5) is 0 Å². The third kappa shape index (κ3) is 0.789. The summed E-state index contributed by atoms with van der Waals surface area (Å²) in [6.45, 7) is 4.84. The number of rotatable bonds is 1. The van der Waals surface area contributed by atoms with Gasteiger partial charge in [-0.2, -0.15) is 0 Å². The number of ether oxygens (including phenoxy) is 2. The first kappa shape index (κ1) is 7.53. The van der Waals surface area contributed by atoms with E-state index >= 15 is 0 Å². The summed E-state index contributed by atoms with van der Waals surface area (Å²) in [5.41, 5.74) is 0. The Kier molecular flexibility index (Phi) is 1.50. The zero-order valence-corrected chi connectivity index (χ0v) is 6.91. The first-order chi connectivity index (χ1) is 5.19. The molecule has 3 heteroatoms. The van der Waals surface area contributed by atoms with Gasteiger partial charge in [-0.3, -0.25) is 0 Å². The predicted octanol–water partition coefficient (Wildman–Crippen LogP) is 0.376. The zero-order chi connectivity index (χ0) is 8.06. The van der Waals surface area contributed by atoms with Gasteiger partial charge in [-0.15, -0.1) is 0 Å². The molecular weight excluding hydrogens is 144 g/mol. The lowest BCUT2D eigenvalue weighted by Gasteiger charge is -2.30. The molecule has 11 heavy (non-hydrogen) atoms. The molecule has 1 N–H and O–H groups in total. The van der Waals surface area contributed by atoms with E-state index in [0.29, 0.717) is 18.4 Å². The fraction of sp³-hybridized carbons (Fsp3) is 1.00. The standard InChI is InChI=1S/C8H14O3/c1-5-6(2)8(4-9)10-3-7(5)11-8/h5-7,9H,3-4H2,1-2H3. The third-order valence-corrected chi connectivity index (χ3v) is 3.13. The molecule has 0 aromatic carbocycles. The molecule has 2 saturated heterocycles. The third-order valence-electron chi connectivity index (χ3n) is 3.13. The second-order valence-electron chi connectivity index (χ2n) is 3.59. The van der Waals surface area contributed by atoms with E-state index in [4.69, 9.17) is 14.6 Å². The van der Waals surface area contributed by atoms with Gasteiger partial charge in [0.2, 0.25) is 0 Å². The molecule has 3 nitrogen and oxygen atoms in total. The van der Waals surface area contributed by atoms with Gasteiger partial charge in [0.05, 0.1) is 19.3 Å². The summed E-state index contributed by atoms with van der Waals surface area (Å²) >= 11 is 0. The Morgan fingerprint density at radius 2 is 2.27 bits per heavy atom. The lowest BCUT2D eigenvalue weighted by atomic mass is 9.86. The molecule has 4 atom stereocenters. The summed E-state index contributed by atoms with van der Waals surface area (Å²) in [5.74, 6) is 0.159. The molecule has 4 unspecified atom stereocenters. The summed E-state index contributed by atoms with van der Waals surface area (Å²) in [7, 11) is 0. The molecule has 0 saturated carbocycles. The highest BCUT2D eigenvalue weighted by molar-refractivity contribution is 4.96. The zero-order valence-electron chi connectivity index (χ0n) is 6.91. The topological polar surface area (TPSA) is 38.7 Å². The van der Waals surface area contributed by atoms with Crippen molar-refractivity contribution in [1.82, 2.24) is 0 Å². The van der Waals surface area contributed by atoms with E-state index in [1.165, 1.54) is 0 Å². The molecule has 0 radical (unpaired) electrons. The van der Waals surface area contributed by atoms with Crippen LogP contribution in [0.3, 0.4) is 0 Å². The minimum Gasteiger partial charge on any atom is -0.391 e. The first-order valence-electron chi connectivity index (χ1n) is 4.12. The number of fused-ring (bicyclic) bond motifs is 2. The number of aliphatic hydroxyl groups is 1. The molecule has 0 spiro atoms. The van der Waals surface area contributed by atoms with Gasteiger partial charge in [0, 0.05) is 5.92 Å². The molecule has 64 valence electrons. The van der Waals surface area contributed by atoms with Gasteiger partial charge in [-0.05, 0) is 5.92 Å². The van der Waals surface area contributed by atoms with E-state index < -0.39 is 5.79 Å². The fourth-order valence-electron chi connectivity index (χ4n) is 1.99. The largest absolute Gasteiger partial charge is 0.391 e. The van der Waals surface area contributed by atoms with Crippen LogP contribution in [0.5, 0.6) is 0 Å². The predicted molar refractivity (Wildman–Crippen MR) is 39.0 cm³/mol. The Labute approximate surface area is 66.3 Å². The van der Waals surface area contributed by atoms with Crippen molar-refractivity contribution in [3.8, 4) is 0 Å². The van der Waals surface area contributed by atoms with Crippen molar-refractivity contribution in [2.45, 2.75) is 25.7 Å². The lowest BCUT2D eigenvalue weighted by molar-refractivity contribution is -0.195. The second kappa shape index (κ2) is 2.19. The Morgan fingerprint density at radius 3 is 2.64 bits per heavy atom. The monoisotopic (exact) mass is 158 g/mol. The van der Waals surface area contributed by atoms with Crippen LogP contribution in [0.15, 0.2) is 0 Å². The minimum atomic E-state index is -0.663. The SMILES string of the molecule is CC1C2COC(CO)(O2)C1C. The molecule has 2 aliphatic heterocycles. The molecule has 0 aliphatic carbocycles. The summed E-state index contributed by atoms with van der Waals surface area (Å²) < 4.78 is 11.0. The lowest BCUT2D eigenvalue weighted by Crippen LogP contribution is -2.42. The van der Waals surface area contributed by atoms with Crippen molar-refractivity contribution < 1.29 is 14.6 Å². The van der Waals surface area contributed by atoms with Gasteiger partial charge < -0.3 is 14.6 Å². The summed E-state index contributed by atoms with van der Waals surface area (Å²) in [5, 5.41) is 9.08. The maximum absolute atomic E-state index is 9.08. The minimum absolute atomic E-state index is 0.0188. The van der Waals surface area contributed by atoms with E-state index in [-0.39, 0.29) is 12.7 Å². The average Bonchev–Trinajstić information content (AvgIpc) is 2.53. The maximum atomic E-state index is 9.08. The summed E-state index contributed by atoms with van der Waals surface area (Å²) in [6, 6.07) is 0. The van der Waals surface area contributed by atoms with Crippen LogP contribution in [0.2, 0.25) is 0 Å². The van der Waals surface area contributed by atoms with Gasteiger partial charge >= 0.3 is 0 Å². The smallest absolute Gasteiger partial charge is 0.194 e. The van der Waals surface area contributed by atoms with Gasteiger partial charge in [0.15, 0.2) is 5.79 Å². The Morgan fingerprint density at radius 1 is 1.55 bits per heavy atom. The highest BCUT2D eigenvalue weighted by atomic mass is 16.8. The number of hydrogen-bond donors (Lipinski definition) is 1. The van der Waals surface area contributed by atoms with Gasteiger partial charge in [0.25, 0.3) is 0 Å². The van der Waals surface area contributed by atoms with Crippen LogP contribution >= 0.6 is 0 Å². The quantitative estimate of drug-likeness (QED) is 0.599. The van der Waals surface area contributed by atoms with Crippen molar-refractivity contribution in [3.05, 3.63) is 0 Å². The molecule has 2 rings (SSSR count). The van der Waals surface area contributed by atoms with Crippen molar-refractivity contribution >= 4 is 0 Å². The molecule has 2 aliphatic rings. The van der Waals surface area contributed by atoms with E-state index in [2.05, 4.69) is 13.8 Å². The van der Waals surface area contributed by atoms with Crippen LogP contribution in [-0.2, 0) is 9.47 Å². The average molecular weight is 158 g/mol. The van der Waals surface area contributed by atoms with Crippen molar-refractivity contribution in [2.24, 2.45) is 11.8 Å². The van der Waals surface area contributed by atoms with E-state index in [1.54, 1.807) is 0 Å². The molecule has 2 fully saturated rings.